The highest BCUT2D eigenvalue weighted by Gasteiger charge is 2.32. The van der Waals surface area contributed by atoms with Gasteiger partial charge in [-0.25, -0.2) is 0 Å². The van der Waals surface area contributed by atoms with Gasteiger partial charge in [-0.15, -0.1) is 0 Å². The molecule has 2 nitrogen and oxygen atoms in total. The standard InChI is InChI=1S/C16H20ClNO/c1-2-5-12-8-9-13(11-18)16(10-12)19-15-7-4-3-6-14(15)17/h3-4,6-7,12-13,16H,2,5,8-10H2,1H3. The summed E-state index contributed by atoms with van der Waals surface area (Å²) < 4.78 is 6.01. The third-order valence-corrected chi connectivity index (χ3v) is 4.19. The summed E-state index contributed by atoms with van der Waals surface area (Å²) in [7, 11) is 0. The molecule has 1 fully saturated rings. The van der Waals surface area contributed by atoms with Crippen LogP contribution in [0.4, 0.5) is 0 Å². The molecule has 0 spiro atoms. The van der Waals surface area contributed by atoms with Crippen molar-refractivity contribution in [1.82, 2.24) is 0 Å². The smallest absolute Gasteiger partial charge is 0.138 e. The third-order valence-electron chi connectivity index (χ3n) is 3.88. The Morgan fingerprint density at radius 2 is 2.16 bits per heavy atom. The van der Waals surface area contributed by atoms with Crippen molar-refractivity contribution in [1.29, 1.82) is 5.26 Å². The molecule has 0 N–H and O–H groups in total. The number of halogens is 1. The molecule has 1 aliphatic rings. The van der Waals surface area contributed by atoms with Crippen LogP contribution in [0.15, 0.2) is 24.3 Å². The van der Waals surface area contributed by atoms with Crippen LogP contribution in [0.1, 0.15) is 39.0 Å². The Kier molecular flexibility index (Phi) is 5.10. The minimum Gasteiger partial charge on any atom is -0.487 e. The molecule has 0 aliphatic heterocycles. The van der Waals surface area contributed by atoms with Gasteiger partial charge in [-0.1, -0.05) is 43.5 Å². The van der Waals surface area contributed by atoms with E-state index in [-0.39, 0.29) is 12.0 Å². The predicted molar refractivity (Wildman–Crippen MR) is 77.2 cm³/mol. The number of hydrogen-bond donors (Lipinski definition) is 0. The Balaban J connectivity index is 2.07. The maximum atomic E-state index is 9.26. The van der Waals surface area contributed by atoms with Gasteiger partial charge in [0.15, 0.2) is 0 Å². The molecule has 0 amide bonds. The summed E-state index contributed by atoms with van der Waals surface area (Å²) in [6.07, 6.45) is 5.46. The Labute approximate surface area is 120 Å². The molecule has 1 saturated carbocycles. The normalized spacial score (nSPS) is 26.7. The van der Waals surface area contributed by atoms with Crippen molar-refractivity contribution in [2.45, 2.75) is 45.1 Å². The van der Waals surface area contributed by atoms with Crippen molar-refractivity contribution in [2.75, 3.05) is 0 Å². The second kappa shape index (κ2) is 6.82. The molecular weight excluding hydrogens is 258 g/mol. The zero-order chi connectivity index (χ0) is 13.7. The summed E-state index contributed by atoms with van der Waals surface area (Å²) in [4.78, 5) is 0. The van der Waals surface area contributed by atoms with Crippen LogP contribution in [0.3, 0.4) is 0 Å². The molecule has 0 aromatic heterocycles. The fourth-order valence-electron chi connectivity index (χ4n) is 2.86. The van der Waals surface area contributed by atoms with E-state index < -0.39 is 0 Å². The predicted octanol–water partition coefficient (Wildman–Crippen LogP) is 4.83. The zero-order valence-corrected chi connectivity index (χ0v) is 12.1. The van der Waals surface area contributed by atoms with Crippen molar-refractivity contribution in [3.8, 4) is 11.8 Å². The van der Waals surface area contributed by atoms with Crippen LogP contribution in [0.5, 0.6) is 5.75 Å². The van der Waals surface area contributed by atoms with Gasteiger partial charge in [0.2, 0.25) is 0 Å². The van der Waals surface area contributed by atoms with Crippen LogP contribution in [-0.4, -0.2) is 6.10 Å². The average Bonchev–Trinajstić information content (AvgIpc) is 2.42. The summed E-state index contributed by atoms with van der Waals surface area (Å²) in [5.41, 5.74) is 0. The Bertz CT molecular complexity index is 454. The van der Waals surface area contributed by atoms with E-state index in [9.17, 15) is 5.26 Å². The van der Waals surface area contributed by atoms with Gasteiger partial charge in [-0.05, 0) is 37.3 Å². The molecular formula is C16H20ClNO. The van der Waals surface area contributed by atoms with Gasteiger partial charge in [0.25, 0.3) is 0 Å². The van der Waals surface area contributed by atoms with Crippen LogP contribution >= 0.6 is 11.6 Å². The van der Waals surface area contributed by atoms with Crippen LogP contribution in [0, 0.1) is 23.2 Å². The van der Waals surface area contributed by atoms with E-state index in [0.717, 1.165) is 19.3 Å². The van der Waals surface area contributed by atoms with E-state index in [2.05, 4.69) is 13.0 Å². The van der Waals surface area contributed by atoms with Crippen molar-refractivity contribution in [2.24, 2.45) is 11.8 Å². The first-order valence-electron chi connectivity index (χ1n) is 7.05. The van der Waals surface area contributed by atoms with Gasteiger partial charge in [-0.3, -0.25) is 0 Å². The minimum atomic E-state index is -0.0183. The lowest BCUT2D eigenvalue weighted by Gasteiger charge is -2.33. The lowest BCUT2D eigenvalue weighted by molar-refractivity contribution is 0.0876. The summed E-state index contributed by atoms with van der Waals surface area (Å²) >= 11 is 6.12. The molecule has 0 bridgehead atoms. The summed E-state index contributed by atoms with van der Waals surface area (Å²) in [5.74, 6) is 1.37. The number of benzene rings is 1. The Morgan fingerprint density at radius 1 is 1.37 bits per heavy atom. The van der Waals surface area contributed by atoms with Gasteiger partial charge in [0, 0.05) is 0 Å². The van der Waals surface area contributed by atoms with E-state index >= 15 is 0 Å². The molecule has 0 radical (unpaired) electrons. The van der Waals surface area contributed by atoms with Crippen LogP contribution in [-0.2, 0) is 0 Å². The fraction of sp³-hybridized carbons (Fsp3) is 0.562. The first-order valence-corrected chi connectivity index (χ1v) is 7.43. The Hall–Kier alpha value is -1.20. The first kappa shape index (κ1) is 14.2. The molecule has 2 rings (SSSR count). The number of ether oxygens (including phenoxy) is 1. The lowest BCUT2D eigenvalue weighted by Crippen LogP contribution is -2.33. The maximum Gasteiger partial charge on any atom is 0.138 e. The molecule has 0 heterocycles. The first-order chi connectivity index (χ1) is 9.24. The van der Waals surface area contributed by atoms with Gasteiger partial charge >= 0.3 is 0 Å². The van der Waals surface area contributed by atoms with Gasteiger partial charge in [0.1, 0.15) is 11.9 Å². The lowest BCUT2D eigenvalue weighted by atomic mass is 9.78. The van der Waals surface area contributed by atoms with E-state index in [1.54, 1.807) is 0 Å². The molecule has 3 unspecified atom stereocenters. The number of nitriles is 1. The van der Waals surface area contributed by atoms with Crippen LogP contribution in [0.25, 0.3) is 0 Å². The second-order valence-electron chi connectivity index (χ2n) is 5.29. The second-order valence-corrected chi connectivity index (χ2v) is 5.70. The Morgan fingerprint density at radius 3 is 2.84 bits per heavy atom. The molecule has 3 atom stereocenters. The molecule has 1 aromatic rings. The van der Waals surface area contributed by atoms with E-state index in [1.165, 1.54) is 12.8 Å². The molecule has 102 valence electrons. The summed E-state index contributed by atoms with van der Waals surface area (Å²) in [5, 5.41) is 9.88. The van der Waals surface area contributed by atoms with E-state index in [4.69, 9.17) is 16.3 Å². The van der Waals surface area contributed by atoms with Crippen molar-refractivity contribution >= 4 is 11.6 Å². The number of rotatable bonds is 4. The molecule has 1 aliphatic carbocycles. The number of para-hydroxylation sites is 1. The summed E-state index contributed by atoms with van der Waals surface area (Å²) in [6.45, 7) is 2.21. The van der Waals surface area contributed by atoms with E-state index in [0.29, 0.717) is 16.7 Å². The monoisotopic (exact) mass is 277 g/mol. The van der Waals surface area contributed by atoms with Crippen molar-refractivity contribution < 1.29 is 4.74 Å². The van der Waals surface area contributed by atoms with Crippen molar-refractivity contribution in [3.63, 3.8) is 0 Å². The number of hydrogen-bond acceptors (Lipinski definition) is 2. The zero-order valence-electron chi connectivity index (χ0n) is 11.3. The highest BCUT2D eigenvalue weighted by Crippen LogP contribution is 2.35. The quantitative estimate of drug-likeness (QED) is 0.790. The van der Waals surface area contributed by atoms with Gasteiger partial charge < -0.3 is 4.74 Å². The fourth-order valence-corrected chi connectivity index (χ4v) is 3.04. The highest BCUT2D eigenvalue weighted by molar-refractivity contribution is 6.32. The van der Waals surface area contributed by atoms with Crippen LogP contribution in [0.2, 0.25) is 5.02 Å². The maximum absolute atomic E-state index is 9.26. The highest BCUT2D eigenvalue weighted by atomic mass is 35.5. The third kappa shape index (κ3) is 3.64. The minimum absolute atomic E-state index is 0.00983. The van der Waals surface area contributed by atoms with E-state index in [1.807, 2.05) is 24.3 Å². The van der Waals surface area contributed by atoms with Crippen LogP contribution < -0.4 is 4.74 Å². The molecule has 1 aromatic carbocycles. The molecule has 19 heavy (non-hydrogen) atoms. The molecule has 3 heteroatoms. The summed E-state index contributed by atoms with van der Waals surface area (Å²) in [6, 6.07) is 9.89. The van der Waals surface area contributed by atoms with Crippen molar-refractivity contribution in [3.05, 3.63) is 29.3 Å². The number of nitrogens with zero attached hydrogens (tertiary/aromatic N) is 1. The van der Waals surface area contributed by atoms with Gasteiger partial charge in [-0.2, -0.15) is 5.26 Å². The SMILES string of the molecule is CCCC1CCC(C#N)C(Oc2ccccc2Cl)C1. The largest absolute Gasteiger partial charge is 0.487 e. The topological polar surface area (TPSA) is 33.0 Å². The van der Waals surface area contributed by atoms with Gasteiger partial charge in [0.05, 0.1) is 17.0 Å². The average molecular weight is 278 g/mol. The molecule has 0 saturated heterocycles.